The van der Waals surface area contributed by atoms with Crippen LogP contribution in [0, 0.1) is 0 Å². The van der Waals surface area contributed by atoms with Gasteiger partial charge in [0.25, 0.3) is 0 Å². The van der Waals surface area contributed by atoms with E-state index in [2.05, 4.69) is 86.8 Å². The first kappa shape index (κ1) is 89.5. The molecule has 538 valence electrons. The maximum Gasteiger partial charge on any atom is 0.472 e. The minimum Gasteiger partial charge on any atom is -0.462 e. The van der Waals surface area contributed by atoms with E-state index in [9.17, 15) is 19.0 Å². The molecule has 0 aliphatic carbocycles. The van der Waals surface area contributed by atoms with Crippen LogP contribution in [-0.4, -0.2) is 74.9 Å². The summed E-state index contributed by atoms with van der Waals surface area (Å²) in [7, 11) is 1.49. The van der Waals surface area contributed by atoms with Gasteiger partial charge in [0, 0.05) is 12.8 Å². The van der Waals surface area contributed by atoms with E-state index in [0.717, 1.165) is 57.8 Å². The molecule has 0 bridgehead atoms. The van der Waals surface area contributed by atoms with Crippen molar-refractivity contribution in [2.24, 2.45) is 0 Å². The summed E-state index contributed by atoms with van der Waals surface area (Å²) < 4.78 is 34.8. The van der Waals surface area contributed by atoms with E-state index < -0.39 is 26.5 Å². The summed E-state index contributed by atoms with van der Waals surface area (Å²) in [6.45, 7) is 4.47. The topological polar surface area (TPSA) is 108 Å². The molecular formula is C82H153NO8P+. The fraction of sp³-hybridized carbons (Fsp3) is 0.829. The van der Waals surface area contributed by atoms with Crippen LogP contribution in [0.15, 0.2) is 72.9 Å². The van der Waals surface area contributed by atoms with E-state index in [0.29, 0.717) is 17.4 Å². The number of likely N-dealkylation sites (N-methyl/N-ethyl adjacent to an activating group) is 1. The van der Waals surface area contributed by atoms with Crippen molar-refractivity contribution < 1.29 is 42.1 Å². The molecule has 2 unspecified atom stereocenters. The smallest absolute Gasteiger partial charge is 0.462 e. The minimum atomic E-state index is -4.40. The summed E-state index contributed by atoms with van der Waals surface area (Å²) in [6, 6.07) is 0. The third-order valence-corrected chi connectivity index (χ3v) is 18.7. The van der Waals surface area contributed by atoms with Crippen LogP contribution in [0.25, 0.3) is 0 Å². The van der Waals surface area contributed by atoms with Crippen molar-refractivity contribution in [3.63, 3.8) is 0 Å². The van der Waals surface area contributed by atoms with Gasteiger partial charge in [0.05, 0.1) is 27.7 Å². The van der Waals surface area contributed by atoms with E-state index in [4.69, 9.17) is 18.5 Å². The fourth-order valence-electron chi connectivity index (χ4n) is 11.6. The van der Waals surface area contributed by atoms with Gasteiger partial charge in [-0.1, -0.05) is 356 Å². The van der Waals surface area contributed by atoms with Crippen LogP contribution in [0.4, 0.5) is 0 Å². The molecule has 1 N–H and O–H groups in total. The summed E-state index contributed by atoms with van der Waals surface area (Å²) in [6.07, 6.45) is 99.0. The number of phosphoric acid groups is 1. The lowest BCUT2D eigenvalue weighted by Crippen LogP contribution is -2.37. The number of esters is 2. The van der Waals surface area contributed by atoms with Gasteiger partial charge in [0.15, 0.2) is 6.10 Å². The molecule has 0 saturated carbocycles. The third kappa shape index (κ3) is 76.5. The normalized spacial score (nSPS) is 13.4. The van der Waals surface area contributed by atoms with E-state index in [1.165, 1.54) is 295 Å². The van der Waals surface area contributed by atoms with Crippen LogP contribution >= 0.6 is 7.82 Å². The molecule has 0 aromatic rings. The first-order valence-electron chi connectivity index (χ1n) is 39.7. The van der Waals surface area contributed by atoms with E-state index in [1.807, 2.05) is 21.1 Å². The Hall–Kier alpha value is -2.55. The summed E-state index contributed by atoms with van der Waals surface area (Å²) in [4.78, 5) is 36.0. The maximum atomic E-state index is 12.9. The lowest BCUT2D eigenvalue weighted by atomic mass is 10.0. The Morgan fingerprint density at radius 1 is 0.337 bits per heavy atom. The Bertz CT molecular complexity index is 1780. The highest BCUT2D eigenvalue weighted by molar-refractivity contribution is 7.47. The Labute approximate surface area is 571 Å². The molecule has 0 amide bonds. The Morgan fingerprint density at radius 2 is 0.587 bits per heavy atom. The highest BCUT2D eigenvalue weighted by atomic mass is 31.2. The van der Waals surface area contributed by atoms with Gasteiger partial charge in [0.1, 0.15) is 19.8 Å². The zero-order valence-electron chi connectivity index (χ0n) is 61.5. The summed E-state index contributed by atoms with van der Waals surface area (Å²) in [5, 5.41) is 0. The van der Waals surface area contributed by atoms with Crippen molar-refractivity contribution in [2.45, 2.75) is 392 Å². The second-order valence-corrected chi connectivity index (χ2v) is 29.5. The second-order valence-electron chi connectivity index (χ2n) is 28.1. The molecule has 0 saturated heterocycles. The number of carbonyl (C=O) groups excluding carboxylic acids is 2. The average molecular weight is 1310 g/mol. The quantitative estimate of drug-likeness (QED) is 0.0211. The molecule has 0 aliphatic heterocycles. The zero-order chi connectivity index (χ0) is 66.9. The number of hydrogen-bond acceptors (Lipinski definition) is 7. The molecule has 0 radical (unpaired) electrons. The molecule has 0 heterocycles. The van der Waals surface area contributed by atoms with Crippen LogP contribution in [0.1, 0.15) is 386 Å². The molecule has 9 nitrogen and oxygen atoms in total. The lowest BCUT2D eigenvalue weighted by molar-refractivity contribution is -0.870. The van der Waals surface area contributed by atoms with Gasteiger partial charge < -0.3 is 18.9 Å². The van der Waals surface area contributed by atoms with Crippen LogP contribution in [0.3, 0.4) is 0 Å². The van der Waals surface area contributed by atoms with E-state index in [-0.39, 0.29) is 32.0 Å². The van der Waals surface area contributed by atoms with Crippen LogP contribution in [-0.2, 0) is 32.7 Å². The molecule has 0 aliphatic rings. The highest BCUT2D eigenvalue weighted by Gasteiger charge is 2.27. The number of ether oxygens (including phenoxy) is 2. The summed E-state index contributed by atoms with van der Waals surface area (Å²) in [5.74, 6) is -0.780. The van der Waals surface area contributed by atoms with Crippen LogP contribution < -0.4 is 0 Å². The molecule has 10 heteroatoms. The molecular weight excluding hydrogens is 1160 g/mol. The number of hydrogen-bond donors (Lipinski definition) is 1. The van der Waals surface area contributed by atoms with Gasteiger partial charge in [0.2, 0.25) is 0 Å². The maximum absolute atomic E-state index is 12.9. The van der Waals surface area contributed by atoms with Crippen molar-refractivity contribution in [3.8, 4) is 0 Å². The van der Waals surface area contributed by atoms with Crippen molar-refractivity contribution >= 4 is 19.8 Å². The monoisotopic (exact) mass is 1310 g/mol. The van der Waals surface area contributed by atoms with E-state index in [1.54, 1.807) is 0 Å². The number of allylic oxidation sites excluding steroid dienone is 12. The van der Waals surface area contributed by atoms with Crippen molar-refractivity contribution in [3.05, 3.63) is 72.9 Å². The van der Waals surface area contributed by atoms with Gasteiger partial charge in [-0.2, -0.15) is 0 Å². The van der Waals surface area contributed by atoms with Gasteiger partial charge in [-0.25, -0.2) is 4.57 Å². The molecule has 0 spiro atoms. The molecule has 2 atom stereocenters. The number of nitrogens with zero attached hydrogens (tertiary/aromatic N) is 1. The van der Waals surface area contributed by atoms with E-state index >= 15 is 0 Å². The first-order valence-corrected chi connectivity index (χ1v) is 41.2. The SMILES string of the molecule is CCCCCCC/C=C\C/C=C\C/C=C\CCCCCCCCCCCCCCCCCCCCCCCCCCC(=O)OC(COC(=O)CCCCCCCCCCCCCCCC/C=C\C/C=C\C/C=C\CCCCCCC)COP(=O)(O)OCC[N+](C)(C)C. The van der Waals surface area contributed by atoms with Crippen molar-refractivity contribution in [2.75, 3.05) is 47.5 Å². The van der Waals surface area contributed by atoms with Crippen molar-refractivity contribution in [1.29, 1.82) is 0 Å². The zero-order valence-corrected chi connectivity index (χ0v) is 62.4. The molecule has 0 aromatic heterocycles. The largest absolute Gasteiger partial charge is 0.472 e. The number of unbranched alkanes of at least 4 members (excludes halogenated alkanes) is 48. The Kier molecular flexibility index (Phi) is 70.7. The Morgan fingerprint density at radius 3 is 0.870 bits per heavy atom. The standard InChI is InChI=1S/C82H152NO8P/c1-6-8-10-12-14-16-18-20-22-24-26-28-30-32-34-36-37-38-39-40-41-42-43-44-45-47-49-51-53-55-57-59-61-63-65-67-69-71-73-75-82(85)91-80(79-90-92(86,87)89-77-76-83(3,4)5)78-88-81(84)74-72-70-68-66-64-62-60-58-56-54-52-50-48-46-35-33-31-29-27-25-23-21-19-17-15-13-11-9-7-2/h18-21,24-27,30-33,80H,6-17,22-23,28-29,34-79H2,1-5H3/p+1/b20-18-,21-19-,26-24-,27-25-,32-30-,33-31-. The predicted octanol–water partition coefficient (Wildman–Crippen LogP) is 26.3. The summed E-state index contributed by atoms with van der Waals surface area (Å²) in [5.41, 5.74) is 0. The predicted molar refractivity (Wildman–Crippen MR) is 399 cm³/mol. The molecule has 0 rings (SSSR count). The number of quaternary nitrogens is 1. The molecule has 0 aromatic carbocycles. The fourth-order valence-corrected chi connectivity index (χ4v) is 12.4. The van der Waals surface area contributed by atoms with Crippen LogP contribution in [0.2, 0.25) is 0 Å². The second kappa shape index (κ2) is 72.7. The summed E-state index contributed by atoms with van der Waals surface area (Å²) >= 11 is 0. The molecule has 0 fully saturated rings. The first-order chi connectivity index (χ1) is 45.0. The lowest BCUT2D eigenvalue weighted by Gasteiger charge is -2.24. The molecule has 92 heavy (non-hydrogen) atoms. The number of rotatable bonds is 74. The third-order valence-electron chi connectivity index (χ3n) is 17.7. The van der Waals surface area contributed by atoms with Gasteiger partial charge in [-0.05, 0) is 89.9 Å². The highest BCUT2D eigenvalue weighted by Crippen LogP contribution is 2.43. The Balaban J connectivity index is 3.93. The van der Waals surface area contributed by atoms with Crippen LogP contribution in [0.5, 0.6) is 0 Å². The van der Waals surface area contributed by atoms with Crippen molar-refractivity contribution in [1.82, 2.24) is 0 Å². The average Bonchev–Trinajstić information content (AvgIpc) is 2.14. The number of carbonyl (C=O) groups is 2. The minimum absolute atomic E-state index is 0.0323. The number of phosphoric ester groups is 1. The van der Waals surface area contributed by atoms with Gasteiger partial charge >= 0.3 is 19.8 Å². The van der Waals surface area contributed by atoms with Gasteiger partial charge in [-0.3, -0.25) is 18.6 Å². The van der Waals surface area contributed by atoms with Gasteiger partial charge in [-0.15, -0.1) is 0 Å².